The maximum Gasteiger partial charge on any atom is 0.172 e. The highest BCUT2D eigenvalue weighted by molar-refractivity contribution is 6.03. The van der Waals surface area contributed by atoms with Crippen molar-refractivity contribution < 1.29 is 23.5 Å². The van der Waals surface area contributed by atoms with Crippen molar-refractivity contribution in [1.29, 1.82) is 0 Å². The van der Waals surface area contributed by atoms with Gasteiger partial charge in [0.2, 0.25) is 0 Å². The van der Waals surface area contributed by atoms with Crippen LogP contribution in [0.1, 0.15) is 47.4 Å². The first-order valence-corrected chi connectivity index (χ1v) is 8.36. The smallest absolute Gasteiger partial charge is 0.172 e. The highest BCUT2D eigenvalue weighted by Gasteiger charge is 2.21. The fourth-order valence-corrected chi connectivity index (χ4v) is 2.48. The van der Waals surface area contributed by atoms with Crippen molar-refractivity contribution in [3.05, 3.63) is 59.4 Å². The fraction of sp³-hybridized carbons (Fsp3) is 0.300. The van der Waals surface area contributed by atoms with Crippen LogP contribution in [0.15, 0.2) is 42.5 Å². The van der Waals surface area contributed by atoms with E-state index in [0.717, 1.165) is 0 Å². The van der Waals surface area contributed by atoms with Crippen LogP contribution in [0.2, 0.25) is 0 Å². The van der Waals surface area contributed by atoms with E-state index in [9.17, 15) is 14.0 Å². The molecule has 0 aromatic heterocycles. The minimum Gasteiger partial charge on any atom is -0.486 e. The second-order valence-electron chi connectivity index (χ2n) is 5.16. The van der Waals surface area contributed by atoms with Crippen LogP contribution in [-0.2, 0) is 0 Å². The number of hydrogen-bond donors (Lipinski definition) is 0. The van der Waals surface area contributed by atoms with Crippen LogP contribution in [0.3, 0.4) is 0 Å². The molecule has 0 radical (unpaired) electrons. The Bertz CT molecular complexity index is 755. The molecule has 0 unspecified atom stereocenters. The fourth-order valence-electron chi connectivity index (χ4n) is 2.48. The molecule has 0 saturated carbocycles. The lowest BCUT2D eigenvalue weighted by molar-refractivity contribution is 0.0909. The van der Waals surface area contributed by atoms with Crippen LogP contribution in [0, 0.1) is 5.82 Å². The minimum absolute atomic E-state index is 0.00696. The maximum absolute atomic E-state index is 13.6. The predicted molar refractivity (Wildman–Crippen MR) is 93.1 cm³/mol. The summed E-state index contributed by atoms with van der Waals surface area (Å²) in [7, 11) is 0. The average molecular weight is 344 g/mol. The van der Waals surface area contributed by atoms with E-state index in [4.69, 9.17) is 9.47 Å². The zero-order valence-electron chi connectivity index (χ0n) is 14.4. The van der Waals surface area contributed by atoms with Gasteiger partial charge in [-0.2, -0.15) is 0 Å². The summed E-state index contributed by atoms with van der Waals surface area (Å²) in [5.74, 6) is -0.237. The molecule has 5 heteroatoms. The van der Waals surface area contributed by atoms with Gasteiger partial charge in [0.15, 0.2) is 23.1 Å². The highest BCUT2D eigenvalue weighted by atomic mass is 19.1. The van der Waals surface area contributed by atoms with Gasteiger partial charge < -0.3 is 9.47 Å². The highest BCUT2D eigenvalue weighted by Crippen LogP contribution is 2.34. The van der Waals surface area contributed by atoms with Gasteiger partial charge in [0, 0.05) is 12.8 Å². The van der Waals surface area contributed by atoms with Crippen LogP contribution in [0.25, 0.3) is 0 Å². The average Bonchev–Trinajstić information content (AvgIpc) is 2.67. The van der Waals surface area contributed by atoms with Gasteiger partial charge in [-0.25, -0.2) is 4.39 Å². The first kappa shape index (κ1) is 18.6. The number of rotatable bonds is 5. The molecule has 2 aromatic rings. The third kappa shape index (κ3) is 4.44. The number of carbonyl (C=O) groups excluding carboxylic acids is 2. The van der Waals surface area contributed by atoms with Gasteiger partial charge in [-0.15, -0.1) is 0 Å². The van der Waals surface area contributed by atoms with Crippen molar-refractivity contribution in [2.45, 2.75) is 26.7 Å². The van der Waals surface area contributed by atoms with Crippen molar-refractivity contribution in [3.63, 3.8) is 0 Å². The van der Waals surface area contributed by atoms with E-state index in [1.165, 1.54) is 18.2 Å². The Morgan fingerprint density at radius 2 is 1.48 bits per heavy atom. The Labute approximate surface area is 146 Å². The summed E-state index contributed by atoms with van der Waals surface area (Å²) < 4.78 is 24.5. The number of fused-ring (bicyclic) bond motifs is 1. The summed E-state index contributed by atoms with van der Waals surface area (Å²) in [6.07, 6.45) is -0.0583. The number of carbonyl (C=O) groups is 2. The monoisotopic (exact) mass is 344 g/mol. The minimum atomic E-state index is -0.571. The molecule has 0 spiro atoms. The Balaban J connectivity index is 0.00000109. The Morgan fingerprint density at radius 1 is 0.880 bits per heavy atom. The molecule has 0 atom stereocenters. The number of Topliss-reactive ketones (excluding diaryl/α,β-unsaturated/α-hetero) is 2. The molecule has 132 valence electrons. The standard InChI is InChI=1S/C18H15FO4.C2H6/c19-14-6-2-1-4-12(14)15(20)8-9-16(21)13-5-3-7-17-18(13)23-11-10-22-17;1-2/h1-7H,8-11H2;1-2H3. The molecule has 0 fully saturated rings. The van der Waals surface area contributed by atoms with Crippen LogP contribution < -0.4 is 9.47 Å². The summed E-state index contributed by atoms with van der Waals surface area (Å²) in [5.41, 5.74) is 0.401. The van der Waals surface area contributed by atoms with Crippen LogP contribution >= 0.6 is 0 Å². The molecule has 0 N–H and O–H groups in total. The molecule has 0 amide bonds. The van der Waals surface area contributed by atoms with E-state index < -0.39 is 11.6 Å². The number of halogens is 1. The van der Waals surface area contributed by atoms with E-state index >= 15 is 0 Å². The number of ketones is 2. The first-order chi connectivity index (χ1) is 12.2. The van der Waals surface area contributed by atoms with Crippen molar-refractivity contribution in [3.8, 4) is 11.5 Å². The zero-order chi connectivity index (χ0) is 18.2. The molecular formula is C20H21FO4. The second-order valence-corrected chi connectivity index (χ2v) is 5.16. The molecule has 4 nitrogen and oxygen atoms in total. The summed E-state index contributed by atoms with van der Waals surface area (Å²) in [5, 5.41) is 0. The second kappa shape index (κ2) is 8.97. The van der Waals surface area contributed by atoms with Gasteiger partial charge in [-0.3, -0.25) is 9.59 Å². The normalized spacial score (nSPS) is 12.0. The topological polar surface area (TPSA) is 52.6 Å². The van der Waals surface area contributed by atoms with Crippen molar-refractivity contribution >= 4 is 11.6 Å². The van der Waals surface area contributed by atoms with E-state index in [1.807, 2.05) is 13.8 Å². The maximum atomic E-state index is 13.6. The van der Waals surface area contributed by atoms with Crippen molar-refractivity contribution in [1.82, 2.24) is 0 Å². The zero-order valence-corrected chi connectivity index (χ0v) is 14.4. The molecule has 25 heavy (non-hydrogen) atoms. The van der Waals surface area contributed by atoms with Gasteiger partial charge in [0.25, 0.3) is 0 Å². The van der Waals surface area contributed by atoms with Crippen molar-refractivity contribution in [2.75, 3.05) is 13.2 Å². The van der Waals surface area contributed by atoms with Gasteiger partial charge >= 0.3 is 0 Å². The molecule has 1 aliphatic heterocycles. The molecule has 1 heterocycles. The van der Waals surface area contributed by atoms with E-state index in [2.05, 4.69) is 0 Å². The van der Waals surface area contributed by atoms with E-state index in [0.29, 0.717) is 30.3 Å². The summed E-state index contributed by atoms with van der Waals surface area (Å²) in [6, 6.07) is 10.8. The number of ether oxygens (including phenoxy) is 2. The van der Waals surface area contributed by atoms with Gasteiger partial charge in [0.05, 0.1) is 11.1 Å². The molecule has 0 saturated heterocycles. The molecule has 0 bridgehead atoms. The van der Waals surface area contributed by atoms with Crippen LogP contribution in [0.4, 0.5) is 4.39 Å². The van der Waals surface area contributed by atoms with Gasteiger partial charge in [0.1, 0.15) is 19.0 Å². The lowest BCUT2D eigenvalue weighted by Gasteiger charge is -2.20. The van der Waals surface area contributed by atoms with Crippen LogP contribution in [-0.4, -0.2) is 24.8 Å². The summed E-state index contributed by atoms with van der Waals surface area (Å²) >= 11 is 0. The largest absolute Gasteiger partial charge is 0.486 e. The number of benzene rings is 2. The van der Waals surface area contributed by atoms with E-state index in [-0.39, 0.29) is 24.2 Å². The predicted octanol–water partition coefficient (Wildman–Crippen LogP) is 4.47. The molecular weight excluding hydrogens is 323 g/mol. The lowest BCUT2D eigenvalue weighted by atomic mass is 10.0. The molecule has 2 aromatic carbocycles. The summed E-state index contributed by atoms with van der Waals surface area (Å²) in [6.45, 7) is 4.82. The Kier molecular flexibility index (Phi) is 6.69. The number of hydrogen-bond acceptors (Lipinski definition) is 4. The van der Waals surface area contributed by atoms with E-state index in [1.54, 1.807) is 24.3 Å². The SMILES string of the molecule is CC.O=C(CCC(=O)c1cccc2c1OCCO2)c1ccccc1F. The lowest BCUT2D eigenvalue weighted by Crippen LogP contribution is -2.18. The first-order valence-electron chi connectivity index (χ1n) is 8.36. The third-order valence-corrected chi connectivity index (χ3v) is 3.62. The van der Waals surface area contributed by atoms with Crippen LogP contribution in [0.5, 0.6) is 11.5 Å². The van der Waals surface area contributed by atoms with Gasteiger partial charge in [-0.1, -0.05) is 32.0 Å². The van der Waals surface area contributed by atoms with Crippen molar-refractivity contribution in [2.24, 2.45) is 0 Å². The van der Waals surface area contributed by atoms with Gasteiger partial charge in [-0.05, 0) is 24.3 Å². The third-order valence-electron chi connectivity index (χ3n) is 3.62. The quantitative estimate of drug-likeness (QED) is 0.751. The Hall–Kier alpha value is -2.69. The molecule has 1 aliphatic rings. The Morgan fingerprint density at radius 3 is 2.20 bits per heavy atom. The summed E-state index contributed by atoms with van der Waals surface area (Å²) in [4.78, 5) is 24.4. The molecule has 0 aliphatic carbocycles. The molecule has 3 rings (SSSR count). The number of para-hydroxylation sites is 1.